The second kappa shape index (κ2) is 8.33. The van der Waals surface area contributed by atoms with Crippen LogP contribution in [0.4, 0.5) is 5.69 Å². The Morgan fingerprint density at radius 1 is 1.27 bits per heavy atom. The van der Waals surface area contributed by atoms with E-state index in [2.05, 4.69) is 5.92 Å². The van der Waals surface area contributed by atoms with Crippen molar-refractivity contribution in [1.82, 2.24) is 0 Å². The van der Waals surface area contributed by atoms with Gasteiger partial charge >= 0.3 is 5.91 Å². The third-order valence-corrected chi connectivity index (χ3v) is 5.89. The van der Waals surface area contributed by atoms with Gasteiger partial charge in [0.25, 0.3) is 0 Å². The van der Waals surface area contributed by atoms with Gasteiger partial charge in [-0.1, -0.05) is 43.9 Å². The Labute approximate surface area is 159 Å². The summed E-state index contributed by atoms with van der Waals surface area (Å²) in [5.41, 5.74) is 1.69. The molecule has 1 aromatic heterocycles. The molecule has 1 unspecified atom stereocenters. The first kappa shape index (κ1) is 18.4. The molecule has 3 nitrogen and oxygen atoms in total. The van der Waals surface area contributed by atoms with Gasteiger partial charge in [0.05, 0.1) is 0 Å². The number of amides is 1. The summed E-state index contributed by atoms with van der Waals surface area (Å²) in [6.07, 6.45) is 10.5. The predicted octanol–water partition coefficient (Wildman–Crippen LogP) is 4.91. The minimum atomic E-state index is -0.652. The van der Waals surface area contributed by atoms with Gasteiger partial charge in [0.15, 0.2) is 5.78 Å². The number of terminal acetylenes is 1. The molecular formula is C22H23NO2S. The van der Waals surface area contributed by atoms with Crippen molar-refractivity contribution in [2.24, 2.45) is 5.92 Å². The molecule has 0 spiro atoms. The Balaban J connectivity index is 2.00. The van der Waals surface area contributed by atoms with Gasteiger partial charge < -0.3 is 0 Å². The van der Waals surface area contributed by atoms with E-state index in [1.807, 2.05) is 48.7 Å². The number of nitrogens with zero attached hydrogens (tertiary/aromatic N) is 1. The third kappa shape index (κ3) is 4.05. The van der Waals surface area contributed by atoms with Gasteiger partial charge in [0.2, 0.25) is 0 Å². The van der Waals surface area contributed by atoms with Crippen molar-refractivity contribution in [1.29, 1.82) is 0 Å². The summed E-state index contributed by atoms with van der Waals surface area (Å²) in [5.74, 6) is 2.23. The SMILES string of the molecule is C#CC(=O)N(c1cccc(C)c1)C(C(=O)CC1CCCC1)c1cccs1. The fraction of sp³-hybridized carbons (Fsp3) is 0.364. The normalized spacial score (nSPS) is 15.4. The Kier molecular flexibility index (Phi) is 5.90. The quantitative estimate of drug-likeness (QED) is 0.682. The summed E-state index contributed by atoms with van der Waals surface area (Å²) >= 11 is 1.49. The topological polar surface area (TPSA) is 37.4 Å². The number of aryl methyl sites for hydroxylation is 1. The predicted molar refractivity (Wildman–Crippen MR) is 106 cm³/mol. The maximum absolute atomic E-state index is 13.3. The number of hydrogen-bond acceptors (Lipinski definition) is 3. The van der Waals surface area contributed by atoms with Crippen LogP contribution in [-0.2, 0) is 9.59 Å². The number of rotatable bonds is 6. The van der Waals surface area contributed by atoms with E-state index in [1.54, 1.807) is 0 Å². The summed E-state index contributed by atoms with van der Waals surface area (Å²) in [5, 5.41) is 1.93. The van der Waals surface area contributed by atoms with Gasteiger partial charge in [-0.05, 0) is 47.9 Å². The lowest BCUT2D eigenvalue weighted by molar-refractivity contribution is -0.124. The van der Waals surface area contributed by atoms with Crippen molar-refractivity contribution in [3.8, 4) is 12.3 Å². The highest BCUT2D eigenvalue weighted by Crippen LogP contribution is 2.35. The lowest BCUT2D eigenvalue weighted by Crippen LogP contribution is -2.38. The molecule has 0 radical (unpaired) electrons. The Hall–Kier alpha value is -2.38. The van der Waals surface area contributed by atoms with Crippen molar-refractivity contribution in [2.45, 2.75) is 45.1 Å². The molecule has 1 aliphatic rings. The maximum Gasteiger partial charge on any atom is 0.303 e. The molecule has 4 heteroatoms. The van der Waals surface area contributed by atoms with Gasteiger partial charge in [-0.25, -0.2) is 0 Å². The Bertz CT molecular complexity index is 813. The number of Topliss-reactive ketones (excluding diaryl/α,β-unsaturated/α-hetero) is 1. The maximum atomic E-state index is 13.3. The van der Waals surface area contributed by atoms with Crippen LogP contribution in [-0.4, -0.2) is 11.7 Å². The highest BCUT2D eigenvalue weighted by Gasteiger charge is 2.34. The molecule has 0 saturated heterocycles. The average molecular weight is 365 g/mol. The van der Waals surface area contributed by atoms with Crippen molar-refractivity contribution in [3.05, 3.63) is 52.2 Å². The molecule has 1 aliphatic carbocycles. The van der Waals surface area contributed by atoms with E-state index in [0.717, 1.165) is 23.3 Å². The zero-order valence-electron chi connectivity index (χ0n) is 15.0. The van der Waals surface area contributed by atoms with E-state index >= 15 is 0 Å². The second-order valence-electron chi connectivity index (χ2n) is 6.90. The van der Waals surface area contributed by atoms with Gasteiger partial charge in [-0.15, -0.1) is 17.8 Å². The highest BCUT2D eigenvalue weighted by molar-refractivity contribution is 7.10. The molecule has 0 bridgehead atoms. The minimum absolute atomic E-state index is 0.0736. The first-order chi connectivity index (χ1) is 12.6. The molecular weight excluding hydrogens is 342 g/mol. The molecule has 1 aromatic carbocycles. The number of carbonyl (C=O) groups is 2. The first-order valence-electron chi connectivity index (χ1n) is 9.02. The highest BCUT2D eigenvalue weighted by atomic mass is 32.1. The molecule has 0 aliphatic heterocycles. The van der Waals surface area contributed by atoms with E-state index in [4.69, 9.17) is 6.42 Å². The van der Waals surface area contributed by atoms with E-state index < -0.39 is 11.9 Å². The van der Waals surface area contributed by atoms with E-state index in [0.29, 0.717) is 18.0 Å². The summed E-state index contributed by atoms with van der Waals surface area (Å²) in [6.45, 7) is 1.96. The van der Waals surface area contributed by atoms with Gasteiger partial charge in [0.1, 0.15) is 6.04 Å². The van der Waals surface area contributed by atoms with Crippen LogP contribution in [0.3, 0.4) is 0 Å². The van der Waals surface area contributed by atoms with Crippen LogP contribution in [0.1, 0.15) is 48.6 Å². The second-order valence-corrected chi connectivity index (χ2v) is 7.88. The van der Waals surface area contributed by atoms with Crippen LogP contribution < -0.4 is 4.90 Å². The molecule has 0 N–H and O–H groups in total. The van der Waals surface area contributed by atoms with Crippen molar-refractivity contribution >= 4 is 28.7 Å². The standard InChI is InChI=1S/C22H23NO2S/c1-3-21(25)23(18-11-6-8-16(2)14-18)22(20-12-7-13-26-20)19(24)15-17-9-4-5-10-17/h1,6-8,11-14,17,22H,4-5,9-10,15H2,2H3. The number of benzene rings is 1. The van der Waals surface area contributed by atoms with E-state index in [9.17, 15) is 9.59 Å². The van der Waals surface area contributed by atoms with Gasteiger partial charge in [-0.2, -0.15) is 0 Å². The van der Waals surface area contributed by atoms with Crippen LogP contribution >= 0.6 is 11.3 Å². The summed E-state index contributed by atoms with van der Waals surface area (Å²) in [4.78, 5) is 28.3. The van der Waals surface area contributed by atoms with E-state index in [-0.39, 0.29) is 5.78 Å². The summed E-state index contributed by atoms with van der Waals surface area (Å²) in [7, 11) is 0. The van der Waals surface area contributed by atoms with Crippen molar-refractivity contribution in [3.63, 3.8) is 0 Å². The largest absolute Gasteiger partial charge is 0.303 e. The number of thiophene rings is 1. The Morgan fingerprint density at radius 3 is 2.65 bits per heavy atom. The molecule has 1 heterocycles. The zero-order chi connectivity index (χ0) is 18.5. The summed E-state index contributed by atoms with van der Waals surface area (Å²) < 4.78 is 0. The average Bonchev–Trinajstić information content (AvgIpc) is 3.32. The van der Waals surface area contributed by atoms with E-state index in [1.165, 1.54) is 29.1 Å². The summed E-state index contributed by atoms with van der Waals surface area (Å²) in [6, 6.07) is 10.8. The molecule has 2 aromatic rings. The molecule has 1 amide bonds. The molecule has 3 rings (SSSR count). The first-order valence-corrected chi connectivity index (χ1v) is 9.90. The monoisotopic (exact) mass is 365 g/mol. The van der Waals surface area contributed by atoms with Crippen LogP contribution in [0.2, 0.25) is 0 Å². The fourth-order valence-corrected chi connectivity index (χ4v) is 4.56. The lowest BCUT2D eigenvalue weighted by atomic mass is 9.95. The molecule has 1 atom stereocenters. The third-order valence-electron chi connectivity index (χ3n) is 4.96. The molecule has 1 fully saturated rings. The van der Waals surface area contributed by atoms with Crippen LogP contribution in [0.5, 0.6) is 0 Å². The zero-order valence-corrected chi connectivity index (χ0v) is 15.8. The smallest absolute Gasteiger partial charge is 0.297 e. The number of ketones is 1. The van der Waals surface area contributed by atoms with Gasteiger partial charge in [0, 0.05) is 17.0 Å². The Morgan fingerprint density at radius 2 is 2.04 bits per heavy atom. The van der Waals surface area contributed by atoms with Crippen molar-refractivity contribution in [2.75, 3.05) is 4.90 Å². The van der Waals surface area contributed by atoms with Crippen LogP contribution in [0, 0.1) is 25.2 Å². The van der Waals surface area contributed by atoms with Crippen molar-refractivity contribution < 1.29 is 9.59 Å². The molecule has 26 heavy (non-hydrogen) atoms. The van der Waals surface area contributed by atoms with Crippen LogP contribution in [0.25, 0.3) is 0 Å². The number of anilines is 1. The lowest BCUT2D eigenvalue weighted by Gasteiger charge is -2.29. The minimum Gasteiger partial charge on any atom is -0.297 e. The van der Waals surface area contributed by atoms with Crippen LogP contribution in [0.15, 0.2) is 41.8 Å². The number of carbonyl (C=O) groups excluding carboxylic acids is 2. The number of hydrogen-bond donors (Lipinski definition) is 0. The van der Waals surface area contributed by atoms with Gasteiger partial charge in [-0.3, -0.25) is 14.5 Å². The fourth-order valence-electron chi connectivity index (χ4n) is 3.72. The molecule has 134 valence electrons. The molecule has 1 saturated carbocycles.